The molecular formula is C24H26FN3O7S. The molecule has 0 fully saturated rings. The van der Waals surface area contributed by atoms with Crippen LogP contribution in [0.2, 0.25) is 0 Å². The van der Waals surface area contributed by atoms with E-state index in [4.69, 9.17) is 9.15 Å². The van der Waals surface area contributed by atoms with Gasteiger partial charge in [0.15, 0.2) is 0 Å². The van der Waals surface area contributed by atoms with Crippen molar-refractivity contribution < 1.29 is 36.3 Å². The van der Waals surface area contributed by atoms with Gasteiger partial charge in [-0.2, -0.15) is 0 Å². The summed E-state index contributed by atoms with van der Waals surface area (Å²) in [6, 6.07) is 8.74. The van der Waals surface area contributed by atoms with Crippen LogP contribution in [0.4, 0.5) is 14.9 Å². The fourth-order valence-electron chi connectivity index (χ4n) is 4.23. The highest BCUT2D eigenvalue weighted by molar-refractivity contribution is 7.92. The predicted octanol–water partition coefficient (Wildman–Crippen LogP) is 3.18. The van der Waals surface area contributed by atoms with Crippen molar-refractivity contribution >= 4 is 38.7 Å². The van der Waals surface area contributed by atoms with Crippen molar-refractivity contribution in [3.05, 3.63) is 53.3 Å². The summed E-state index contributed by atoms with van der Waals surface area (Å²) in [5.41, 5.74) is 1.84. The number of halogens is 1. The predicted molar refractivity (Wildman–Crippen MR) is 131 cm³/mol. The van der Waals surface area contributed by atoms with Gasteiger partial charge in [-0.15, -0.1) is 0 Å². The van der Waals surface area contributed by atoms with E-state index in [1.165, 1.54) is 42.7 Å². The molecule has 1 aliphatic heterocycles. The van der Waals surface area contributed by atoms with Gasteiger partial charge in [-0.25, -0.2) is 17.6 Å². The van der Waals surface area contributed by atoms with Gasteiger partial charge in [-0.1, -0.05) is 0 Å². The fraction of sp³-hybridized carbons (Fsp3) is 0.333. The van der Waals surface area contributed by atoms with Crippen molar-refractivity contribution in [2.24, 2.45) is 0 Å². The van der Waals surface area contributed by atoms with Crippen molar-refractivity contribution in [1.82, 2.24) is 10.6 Å². The first-order valence-electron chi connectivity index (χ1n) is 11.1. The van der Waals surface area contributed by atoms with Crippen LogP contribution in [0.15, 0.2) is 40.8 Å². The summed E-state index contributed by atoms with van der Waals surface area (Å²) < 4.78 is 57.0. The Bertz CT molecular complexity index is 1420. The molecule has 2 N–H and O–H groups in total. The Kier molecular flexibility index (Phi) is 6.92. The van der Waals surface area contributed by atoms with Crippen molar-refractivity contribution in [2.45, 2.75) is 19.1 Å². The quantitative estimate of drug-likeness (QED) is 0.530. The van der Waals surface area contributed by atoms with Gasteiger partial charge in [0, 0.05) is 36.2 Å². The van der Waals surface area contributed by atoms with Gasteiger partial charge in [0.25, 0.3) is 5.91 Å². The van der Waals surface area contributed by atoms with Crippen molar-refractivity contribution in [2.75, 3.05) is 37.8 Å². The van der Waals surface area contributed by atoms with Crippen LogP contribution in [0.3, 0.4) is 0 Å². The van der Waals surface area contributed by atoms with Crippen molar-refractivity contribution in [3.8, 4) is 11.3 Å². The lowest BCUT2D eigenvalue weighted by atomic mass is 10.0. The number of furan rings is 1. The number of nitrogens with one attached hydrogen (secondary N) is 2. The van der Waals surface area contributed by atoms with Crippen LogP contribution < -0.4 is 14.9 Å². The summed E-state index contributed by atoms with van der Waals surface area (Å²) in [5, 5.41) is 5.57. The summed E-state index contributed by atoms with van der Waals surface area (Å²) in [7, 11) is -1.06. The van der Waals surface area contributed by atoms with E-state index in [2.05, 4.69) is 15.4 Å². The smallest absolute Gasteiger partial charge is 0.406 e. The summed E-state index contributed by atoms with van der Waals surface area (Å²) in [5.74, 6) is -0.631. The van der Waals surface area contributed by atoms with Gasteiger partial charge in [0.05, 0.1) is 43.4 Å². The fourth-order valence-corrected chi connectivity index (χ4v) is 5.18. The van der Waals surface area contributed by atoms with E-state index in [9.17, 15) is 22.4 Å². The van der Waals surface area contributed by atoms with Crippen LogP contribution >= 0.6 is 0 Å². The molecule has 12 heteroatoms. The van der Waals surface area contributed by atoms with Crippen LogP contribution in [-0.4, -0.2) is 60.0 Å². The minimum atomic E-state index is -3.77. The van der Waals surface area contributed by atoms with E-state index in [-0.39, 0.29) is 30.0 Å². The number of sulfonamides is 1. The summed E-state index contributed by atoms with van der Waals surface area (Å²) in [6.07, 6.45) is -0.868. The van der Waals surface area contributed by atoms with Gasteiger partial charge in [0.2, 0.25) is 10.0 Å². The zero-order chi connectivity index (χ0) is 26.2. The van der Waals surface area contributed by atoms with Gasteiger partial charge < -0.3 is 24.5 Å². The second kappa shape index (κ2) is 9.78. The Morgan fingerprint density at radius 3 is 2.53 bits per heavy atom. The summed E-state index contributed by atoms with van der Waals surface area (Å²) in [4.78, 5) is 24.4. The number of hydrogen-bond acceptors (Lipinski definition) is 7. The highest BCUT2D eigenvalue weighted by Gasteiger charge is 2.34. The monoisotopic (exact) mass is 519 g/mol. The number of hydrogen-bond donors (Lipinski definition) is 2. The molecular weight excluding hydrogens is 493 g/mol. The SMILES string of the molecule is CNC(=O)c1c(-c2ccc(F)cc2)oc2cc3c(cc12)C(C)OC(CNC(=O)OC)CN3S(C)(=O)=O. The molecule has 3 aromatic rings. The molecule has 192 valence electrons. The zero-order valence-corrected chi connectivity index (χ0v) is 20.9. The molecule has 2 unspecified atom stereocenters. The number of methoxy groups -OCH3 is 1. The third-order valence-corrected chi connectivity index (χ3v) is 7.08. The van der Waals surface area contributed by atoms with Gasteiger partial charge in [-0.05, 0) is 37.3 Å². The molecule has 36 heavy (non-hydrogen) atoms. The number of carbonyl (C=O) groups is 2. The van der Waals surface area contributed by atoms with Gasteiger partial charge in [-0.3, -0.25) is 9.10 Å². The maximum Gasteiger partial charge on any atom is 0.406 e. The van der Waals surface area contributed by atoms with Crippen LogP contribution in [0.1, 0.15) is 28.9 Å². The molecule has 0 bridgehead atoms. The van der Waals surface area contributed by atoms with E-state index in [0.717, 1.165) is 6.26 Å². The number of rotatable bonds is 5. The number of nitrogens with zero attached hydrogens (tertiary/aromatic N) is 1. The molecule has 4 rings (SSSR count). The molecule has 0 radical (unpaired) electrons. The van der Waals surface area contributed by atoms with Crippen LogP contribution in [0.25, 0.3) is 22.3 Å². The number of alkyl carbamates (subject to hydrolysis) is 1. The first-order chi connectivity index (χ1) is 17.0. The molecule has 0 aliphatic carbocycles. The minimum Gasteiger partial charge on any atom is -0.455 e. The molecule has 2 amide bonds. The molecule has 2 heterocycles. The topological polar surface area (TPSA) is 127 Å². The molecule has 0 spiro atoms. The molecule has 1 aromatic heterocycles. The lowest BCUT2D eigenvalue weighted by Crippen LogP contribution is -2.42. The zero-order valence-electron chi connectivity index (χ0n) is 20.1. The minimum absolute atomic E-state index is 0.0192. The van der Waals surface area contributed by atoms with Crippen LogP contribution in [0.5, 0.6) is 0 Å². The number of ether oxygens (including phenoxy) is 2. The van der Waals surface area contributed by atoms with Crippen molar-refractivity contribution in [1.29, 1.82) is 0 Å². The van der Waals surface area contributed by atoms with Crippen LogP contribution in [0, 0.1) is 5.82 Å². The first kappa shape index (κ1) is 25.5. The maximum absolute atomic E-state index is 13.5. The van der Waals surface area contributed by atoms with E-state index in [1.54, 1.807) is 19.1 Å². The molecule has 10 nitrogen and oxygen atoms in total. The number of benzene rings is 2. The van der Waals surface area contributed by atoms with Gasteiger partial charge >= 0.3 is 6.09 Å². The second-order valence-electron chi connectivity index (χ2n) is 8.37. The lowest BCUT2D eigenvalue weighted by Gasteiger charge is -2.25. The number of fused-ring (bicyclic) bond motifs is 2. The summed E-state index contributed by atoms with van der Waals surface area (Å²) in [6.45, 7) is 1.70. The molecule has 0 saturated carbocycles. The third-order valence-electron chi connectivity index (χ3n) is 5.93. The Balaban J connectivity index is 1.89. The van der Waals surface area contributed by atoms with E-state index >= 15 is 0 Å². The molecule has 2 atom stereocenters. The number of amides is 2. The van der Waals surface area contributed by atoms with Gasteiger partial charge in [0.1, 0.15) is 17.2 Å². The Morgan fingerprint density at radius 1 is 1.22 bits per heavy atom. The highest BCUT2D eigenvalue weighted by atomic mass is 32.2. The standard InChI is InChI=1S/C24H26FN3O7S/c1-13-17-9-18-20(35-22(21(18)23(29)26-2)14-5-7-15(25)8-6-14)10-19(17)28(36(4,31)32)12-16(34-13)11-27-24(30)33-3/h5-10,13,16H,11-12H2,1-4H3,(H,26,29)(H,27,30). The molecule has 1 aliphatic rings. The Hall–Kier alpha value is -3.64. The average molecular weight is 520 g/mol. The van der Waals surface area contributed by atoms with E-state index in [1.807, 2.05) is 0 Å². The van der Waals surface area contributed by atoms with E-state index in [0.29, 0.717) is 22.2 Å². The Morgan fingerprint density at radius 2 is 1.92 bits per heavy atom. The molecule has 2 aromatic carbocycles. The number of carbonyl (C=O) groups excluding carboxylic acids is 2. The van der Waals surface area contributed by atoms with Crippen molar-refractivity contribution in [3.63, 3.8) is 0 Å². The Labute approximate surface area is 207 Å². The highest BCUT2D eigenvalue weighted by Crippen LogP contribution is 2.42. The van der Waals surface area contributed by atoms with E-state index < -0.39 is 40.0 Å². The summed E-state index contributed by atoms with van der Waals surface area (Å²) >= 11 is 0. The lowest BCUT2D eigenvalue weighted by molar-refractivity contribution is 0.00748. The van der Waals surface area contributed by atoms with Crippen LogP contribution in [-0.2, 0) is 19.5 Å². The largest absolute Gasteiger partial charge is 0.455 e. The average Bonchev–Trinajstić information content (AvgIpc) is 3.14. The third kappa shape index (κ3) is 4.86. The first-order valence-corrected chi connectivity index (χ1v) is 12.9. The normalized spacial score (nSPS) is 17.9. The molecule has 0 saturated heterocycles. The maximum atomic E-state index is 13.5. The second-order valence-corrected chi connectivity index (χ2v) is 10.3. The number of anilines is 1.